The first-order valence-electron chi connectivity index (χ1n) is 8.82. The summed E-state index contributed by atoms with van der Waals surface area (Å²) in [5, 5.41) is 17.9. The van der Waals surface area contributed by atoms with Crippen molar-refractivity contribution in [3.8, 4) is 17.9 Å². The number of halogens is 1. The molecule has 0 radical (unpaired) electrons. The van der Waals surface area contributed by atoms with Gasteiger partial charge in [-0.15, -0.1) is 0 Å². The minimum atomic E-state index is -4.04. The van der Waals surface area contributed by atoms with Gasteiger partial charge in [-0.05, 0) is 36.4 Å². The van der Waals surface area contributed by atoms with Crippen molar-refractivity contribution in [2.24, 2.45) is 0 Å². The van der Waals surface area contributed by atoms with E-state index in [0.29, 0.717) is 5.02 Å². The average molecular weight is 447 g/mol. The van der Waals surface area contributed by atoms with Crippen LogP contribution in [0, 0.1) is 22.7 Å². The van der Waals surface area contributed by atoms with E-state index in [0.717, 1.165) is 0 Å². The molecule has 0 saturated carbocycles. The van der Waals surface area contributed by atoms with Crippen LogP contribution in [-0.4, -0.2) is 39.4 Å². The third-order valence-corrected chi connectivity index (χ3v) is 5.67. The number of methoxy groups -OCH3 is 1. The molecule has 2 aromatic rings. The Labute approximate surface area is 180 Å². The molecule has 0 bridgehead atoms. The first-order valence-corrected chi connectivity index (χ1v) is 10.7. The Hall–Kier alpha value is -3.27. The lowest BCUT2D eigenvalue weighted by atomic mass is 10.2. The molecule has 0 aliphatic rings. The fourth-order valence-electron chi connectivity index (χ4n) is 2.63. The minimum Gasteiger partial charge on any atom is -0.495 e. The highest BCUT2D eigenvalue weighted by molar-refractivity contribution is 7.92. The predicted octanol–water partition coefficient (Wildman–Crippen LogP) is 3.42. The Morgan fingerprint density at radius 3 is 2.40 bits per heavy atom. The summed E-state index contributed by atoms with van der Waals surface area (Å²) in [6, 6.07) is 13.9. The molecule has 1 amide bonds. The lowest BCUT2D eigenvalue weighted by Crippen LogP contribution is -2.33. The number of benzene rings is 2. The first kappa shape index (κ1) is 23.0. The van der Waals surface area contributed by atoms with E-state index in [1.54, 1.807) is 6.07 Å². The summed E-state index contributed by atoms with van der Waals surface area (Å²) in [4.78, 5) is 14.0. The van der Waals surface area contributed by atoms with Crippen LogP contribution in [0.5, 0.6) is 5.75 Å². The number of nitrogens with zero attached hydrogens (tertiary/aromatic N) is 3. The molecule has 0 spiro atoms. The molecule has 0 heterocycles. The standard InChI is InChI=1S/C20H19ClN4O4S/c1-29-19-8-7-16(21)14-18(19)24-30(27,28)17-6-2-5-15(13-17)20(26)25(11-3-9-22)12-4-10-23/h2,5-8,13-14,24H,3-4,11-12H2,1H3. The summed E-state index contributed by atoms with van der Waals surface area (Å²) in [6.45, 7) is 0.290. The van der Waals surface area contributed by atoms with Crippen molar-refractivity contribution in [1.29, 1.82) is 10.5 Å². The van der Waals surface area contributed by atoms with E-state index in [2.05, 4.69) is 4.72 Å². The van der Waals surface area contributed by atoms with Crippen molar-refractivity contribution in [3.63, 3.8) is 0 Å². The number of anilines is 1. The number of rotatable bonds is 9. The van der Waals surface area contributed by atoms with E-state index in [4.69, 9.17) is 26.9 Å². The van der Waals surface area contributed by atoms with Crippen LogP contribution < -0.4 is 9.46 Å². The molecular formula is C20H19ClN4O4S. The number of amides is 1. The zero-order valence-corrected chi connectivity index (χ0v) is 17.7. The van der Waals surface area contributed by atoms with Gasteiger partial charge in [0.25, 0.3) is 15.9 Å². The van der Waals surface area contributed by atoms with Crippen molar-refractivity contribution < 1.29 is 17.9 Å². The Kier molecular flexibility index (Phi) is 8.05. The van der Waals surface area contributed by atoms with Crippen LogP contribution in [0.2, 0.25) is 5.02 Å². The van der Waals surface area contributed by atoms with E-state index in [9.17, 15) is 13.2 Å². The molecule has 1 N–H and O–H groups in total. The third-order valence-electron chi connectivity index (χ3n) is 4.07. The minimum absolute atomic E-state index is 0.102. The summed E-state index contributed by atoms with van der Waals surface area (Å²) in [5.41, 5.74) is 0.290. The SMILES string of the molecule is COc1ccc(Cl)cc1NS(=O)(=O)c1cccc(C(=O)N(CCC#N)CCC#N)c1. The molecule has 0 atom stereocenters. The molecule has 156 valence electrons. The molecular weight excluding hydrogens is 428 g/mol. The van der Waals surface area contributed by atoms with E-state index in [1.165, 1.54) is 48.4 Å². The van der Waals surface area contributed by atoms with Gasteiger partial charge in [-0.25, -0.2) is 8.42 Å². The van der Waals surface area contributed by atoms with Crippen molar-refractivity contribution in [2.45, 2.75) is 17.7 Å². The maximum absolute atomic E-state index is 12.8. The molecule has 30 heavy (non-hydrogen) atoms. The maximum Gasteiger partial charge on any atom is 0.262 e. The van der Waals surface area contributed by atoms with E-state index in [-0.39, 0.29) is 47.8 Å². The molecule has 0 aliphatic heterocycles. The predicted molar refractivity (Wildman–Crippen MR) is 112 cm³/mol. The summed E-state index contributed by atoms with van der Waals surface area (Å²) in [7, 11) is -2.64. The largest absolute Gasteiger partial charge is 0.495 e. The van der Waals surface area contributed by atoms with Crippen LogP contribution in [-0.2, 0) is 10.0 Å². The van der Waals surface area contributed by atoms with Crippen LogP contribution in [0.3, 0.4) is 0 Å². The van der Waals surface area contributed by atoms with Gasteiger partial charge in [-0.3, -0.25) is 9.52 Å². The fourth-order valence-corrected chi connectivity index (χ4v) is 3.91. The number of carbonyl (C=O) groups is 1. The maximum atomic E-state index is 12.8. The molecule has 0 aromatic heterocycles. The van der Waals surface area contributed by atoms with Gasteiger partial charge in [0.15, 0.2) is 0 Å². The van der Waals surface area contributed by atoms with Crippen molar-refractivity contribution in [1.82, 2.24) is 4.90 Å². The van der Waals surface area contributed by atoms with Crippen molar-refractivity contribution >= 4 is 33.2 Å². The van der Waals surface area contributed by atoms with Crippen LogP contribution in [0.1, 0.15) is 23.2 Å². The highest BCUT2D eigenvalue weighted by Crippen LogP contribution is 2.30. The van der Waals surface area contributed by atoms with E-state index in [1.807, 2.05) is 12.1 Å². The van der Waals surface area contributed by atoms with Gasteiger partial charge in [0.2, 0.25) is 0 Å². The van der Waals surface area contributed by atoms with Gasteiger partial charge < -0.3 is 9.64 Å². The number of hydrogen-bond donors (Lipinski definition) is 1. The normalized spacial score (nSPS) is 10.5. The second-order valence-electron chi connectivity index (χ2n) is 6.09. The number of hydrogen-bond acceptors (Lipinski definition) is 6. The molecule has 0 saturated heterocycles. The van der Waals surface area contributed by atoms with Crippen LogP contribution in [0.15, 0.2) is 47.4 Å². The Morgan fingerprint density at radius 1 is 1.13 bits per heavy atom. The number of nitrogens with one attached hydrogen (secondary N) is 1. The summed E-state index contributed by atoms with van der Waals surface area (Å²) >= 11 is 5.95. The van der Waals surface area contributed by atoms with Gasteiger partial charge in [0.05, 0.1) is 42.7 Å². The summed E-state index contributed by atoms with van der Waals surface area (Å²) in [5.74, 6) is -0.174. The fraction of sp³-hybridized carbons (Fsp3) is 0.250. The zero-order valence-electron chi connectivity index (χ0n) is 16.1. The highest BCUT2D eigenvalue weighted by atomic mass is 35.5. The summed E-state index contributed by atoms with van der Waals surface area (Å²) in [6.07, 6.45) is 0.205. The van der Waals surface area contributed by atoms with E-state index >= 15 is 0 Å². The average Bonchev–Trinajstić information content (AvgIpc) is 2.73. The second kappa shape index (κ2) is 10.5. The van der Waals surface area contributed by atoms with Gasteiger partial charge in [0.1, 0.15) is 5.75 Å². The number of sulfonamides is 1. The van der Waals surface area contributed by atoms with Crippen LogP contribution in [0.25, 0.3) is 0 Å². The molecule has 0 aliphatic carbocycles. The van der Waals surface area contributed by atoms with Gasteiger partial charge in [-0.2, -0.15) is 10.5 Å². The molecule has 10 heteroatoms. The van der Waals surface area contributed by atoms with Gasteiger partial charge in [-0.1, -0.05) is 17.7 Å². The Morgan fingerprint density at radius 2 is 1.80 bits per heavy atom. The lowest BCUT2D eigenvalue weighted by molar-refractivity contribution is 0.0762. The monoisotopic (exact) mass is 446 g/mol. The van der Waals surface area contributed by atoms with Crippen molar-refractivity contribution in [3.05, 3.63) is 53.1 Å². The number of ether oxygens (including phenoxy) is 1. The molecule has 0 fully saturated rings. The Balaban J connectivity index is 2.33. The zero-order chi connectivity index (χ0) is 22.1. The van der Waals surface area contributed by atoms with Crippen LogP contribution in [0.4, 0.5) is 5.69 Å². The molecule has 0 unspecified atom stereocenters. The van der Waals surface area contributed by atoms with Gasteiger partial charge >= 0.3 is 0 Å². The third kappa shape index (κ3) is 5.86. The quantitative estimate of drug-likeness (QED) is 0.629. The lowest BCUT2D eigenvalue weighted by Gasteiger charge is -2.20. The van der Waals surface area contributed by atoms with Crippen LogP contribution >= 0.6 is 11.6 Å². The highest BCUT2D eigenvalue weighted by Gasteiger charge is 2.21. The van der Waals surface area contributed by atoms with E-state index < -0.39 is 15.9 Å². The second-order valence-corrected chi connectivity index (χ2v) is 8.21. The van der Waals surface area contributed by atoms with Crippen molar-refractivity contribution in [2.75, 3.05) is 24.9 Å². The molecule has 2 rings (SSSR count). The van der Waals surface area contributed by atoms with Gasteiger partial charge in [0, 0.05) is 23.7 Å². The first-order chi connectivity index (χ1) is 14.3. The molecule has 2 aromatic carbocycles. The number of carbonyl (C=O) groups excluding carboxylic acids is 1. The molecule has 8 nitrogen and oxygen atoms in total. The topological polar surface area (TPSA) is 123 Å². The number of nitriles is 2. The Bertz CT molecular complexity index is 1090. The smallest absolute Gasteiger partial charge is 0.262 e. The summed E-state index contributed by atoms with van der Waals surface area (Å²) < 4.78 is 33.3.